The molecule has 1 unspecified atom stereocenters. The smallest absolute Gasteiger partial charge is 0.326 e. The number of amides is 10. The number of carboxylic acid groups (broad SMARTS) is 1. The summed E-state index contributed by atoms with van der Waals surface area (Å²) < 4.78 is 13.5. The zero-order chi connectivity index (χ0) is 50.4. The van der Waals surface area contributed by atoms with E-state index in [2.05, 4.69) is 47.9 Å². The van der Waals surface area contributed by atoms with Gasteiger partial charge in [-0.25, -0.2) is 9.18 Å². The number of nitrogens with zero attached hydrogens (tertiary/aromatic N) is 1. The van der Waals surface area contributed by atoms with Gasteiger partial charge in [0.15, 0.2) is 0 Å². The molecule has 0 aliphatic carbocycles. The van der Waals surface area contributed by atoms with Gasteiger partial charge < -0.3 is 69.3 Å². The lowest BCUT2D eigenvalue weighted by molar-refractivity contribution is -0.144. The number of nitrogens with two attached hydrogens (primary N) is 2. The number of carboxylic acids is 1. The minimum absolute atomic E-state index is 0.00895. The summed E-state index contributed by atoms with van der Waals surface area (Å²) in [5.74, 6) is -8.83. The molecular formula is C42H71FN12O12. The molecule has 0 radical (unpaired) electrons. The molecule has 8 atom stereocenters. The lowest BCUT2D eigenvalue weighted by Crippen LogP contribution is -2.57. The van der Waals surface area contributed by atoms with Crippen molar-refractivity contribution in [2.75, 3.05) is 39.3 Å². The van der Waals surface area contributed by atoms with E-state index in [9.17, 15) is 62.2 Å². The van der Waals surface area contributed by atoms with Crippen LogP contribution in [0.25, 0.3) is 0 Å². The second kappa shape index (κ2) is 28.9. The van der Waals surface area contributed by atoms with Gasteiger partial charge in [-0.2, -0.15) is 0 Å². The molecule has 14 N–H and O–H groups in total. The molecule has 10 amide bonds. The van der Waals surface area contributed by atoms with Gasteiger partial charge in [0.2, 0.25) is 59.1 Å². The van der Waals surface area contributed by atoms with Gasteiger partial charge in [-0.3, -0.25) is 47.9 Å². The fourth-order valence-corrected chi connectivity index (χ4v) is 7.35. The van der Waals surface area contributed by atoms with Crippen molar-refractivity contribution in [2.45, 2.75) is 147 Å². The molecule has 0 aromatic rings. The number of hydrogen-bond acceptors (Lipinski definition) is 13. The van der Waals surface area contributed by atoms with Gasteiger partial charge in [0, 0.05) is 25.9 Å². The van der Waals surface area contributed by atoms with Crippen molar-refractivity contribution in [1.82, 2.24) is 52.8 Å². The predicted molar refractivity (Wildman–Crippen MR) is 238 cm³/mol. The van der Waals surface area contributed by atoms with Gasteiger partial charge in [0.05, 0.1) is 25.7 Å². The molecule has 0 spiro atoms. The van der Waals surface area contributed by atoms with Gasteiger partial charge in [-0.1, -0.05) is 27.7 Å². The highest BCUT2D eigenvalue weighted by molar-refractivity contribution is 5.97. The minimum Gasteiger partial charge on any atom is -0.480 e. The second-order valence-electron chi connectivity index (χ2n) is 17.7. The summed E-state index contributed by atoms with van der Waals surface area (Å²) in [4.78, 5) is 142. The number of alkyl halides is 1. The summed E-state index contributed by atoms with van der Waals surface area (Å²) in [5.41, 5.74) is 10.8. The Bertz CT molecular complexity index is 1770. The fraction of sp³-hybridized carbons (Fsp3) is 0.738. The highest BCUT2D eigenvalue weighted by Crippen LogP contribution is 2.18. The number of carbonyl (C=O) groups excluding carboxylic acids is 10. The molecule has 2 aliphatic rings. The third-order valence-corrected chi connectivity index (χ3v) is 10.9. The summed E-state index contributed by atoms with van der Waals surface area (Å²) in [5, 5.41) is 32.0. The van der Waals surface area contributed by atoms with E-state index in [1.54, 1.807) is 27.7 Å². The van der Waals surface area contributed by atoms with Crippen LogP contribution in [0, 0.1) is 11.8 Å². The van der Waals surface area contributed by atoms with Crippen LogP contribution in [0.15, 0.2) is 0 Å². The number of unbranched alkanes of at least 4 members (excludes halogenated alkanes) is 1. The zero-order valence-electron chi connectivity index (χ0n) is 39.0. The number of aliphatic carboxylic acids is 1. The van der Waals surface area contributed by atoms with E-state index in [4.69, 9.17) is 11.5 Å². The summed E-state index contributed by atoms with van der Waals surface area (Å²) in [6, 6.07) is -7.88. The van der Waals surface area contributed by atoms with E-state index in [1.165, 1.54) is 11.8 Å². The minimum atomic E-state index is -1.37. The van der Waals surface area contributed by atoms with Crippen LogP contribution in [0.3, 0.4) is 0 Å². The molecule has 25 heteroatoms. The first-order valence-electron chi connectivity index (χ1n) is 22.7. The first kappa shape index (κ1) is 57.1. The van der Waals surface area contributed by atoms with Crippen LogP contribution in [0.5, 0.6) is 0 Å². The Labute approximate surface area is 389 Å². The third-order valence-electron chi connectivity index (χ3n) is 10.9. The molecule has 2 aliphatic heterocycles. The van der Waals surface area contributed by atoms with Gasteiger partial charge in [-0.05, 0) is 76.7 Å². The molecule has 0 bridgehead atoms. The lowest BCUT2D eigenvalue weighted by atomic mass is 10.0. The molecule has 24 nitrogen and oxygen atoms in total. The van der Waals surface area contributed by atoms with Crippen LogP contribution in [0.1, 0.15) is 98.8 Å². The van der Waals surface area contributed by atoms with Crippen molar-refractivity contribution < 1.29 is 62.2 Å². The summed E-state index contributed by atoms with van der Waals surface area (Å²) >= 11 is 0. The van der Waals surface area contributed by atoms with Gasteiger partial charge >= 0.3 is 5.97 Å². The Morgan fingerprint density at radius 2 is 1.27 bits per heavy atom. The topological polar surface area (TPSA) is 372 Å². The molecular weight excluding hydrogens is 884 g/mol. The number of hydrogen-bond donors (Lipinski definition) is 12. The Kier molecular flexibility index (Phi) is 24.7. The largest absolute Gasteiger partial charge is 0.480 e. The quantitative estimate of drug-likeness (QED) is 0.0319. The average molecular weight is 955 g/mol. The highest BCUT2D eigenvalue weighted by atomic mass is 19.1. The number of carbonyl (C=O) groups is 11. The predicted octanol–water partition coefficient (Wildman–Crippen LogP) is -3.96. The molecule has 67 heavy (non-hydrogen) atoms. The van der Waals surface area contributed by atoms with Crippen molar-refractivity contribution >= 4 is 65.0 Å². The number of primary amides is 1. The number of likely N-dealkylation sites (tertiary alicyclic amines) is 1. The molecule has 2 fully saturated rings. The molecule has 2 rings (SSSR count). The average Bonchev–Trinajstić information content (AvgIpc) is 3.93. The van der Waals surface area contributed by atoms with E-state index in [1.807, 2.05) is 0 Å². The van der Waals surface area contributed by atoms with Crippen molar-refractivity contribution in [2.24, 2.45) is 23.3 Å². The number of halogens is 1. The molecule has 2 heterocycles. The summed E-state index contributed by atoms with van der Waals surface area (Å²) in [7, 11) is 0. The van der Waals surface area contributed by atoms with E-state index in [0.717, 1.165) is 0 Å². The fourth-order valence-electron chi connectivity index (χ4n) is 7.35. The Morgan fingerprint density at radius 3 is 1.84 bits per heavy atom. The van der Waals surface area contributed by atoms with E-state index >= 15 is 0 Å². The molecule has 0 aromatic carbocycles. The summed E-state index contributed by atoms with van der Waals surface area (Å²) in [6.45, 7) is 7.32. The molecule has 0 saturated carbocycles. The van der Waals surface area contributed by atoms with Gasteiger partial charge in [0.25, 0.3) is 0 Å². The van der Waals surface area contributed by atoms with Crippen LogP contribution in [-0.4, -0.2) is 163 Å². The number of rotatable bonds is 29. The Balaban J connectivity index is 1.98. The van der Waals surface area contributed by atoms with Crippen molar-refractivity contribution in [3.63, 3.8) is 0 Å². The monoisotopic (exact) mass is 955 g/mol. The van der Waals surface area contributed by atoms with Gasteiger partial charge in [-0.15, -0.1) is 0 Å². The van der Waals surface area contributed by atoms with Crippen LogP contribution in [0.4, 0.5) is 4.39 Å². The Morgan fingerprint density at radius 1 is 0.687 bits per heavy atom. The second-order valence-corrected chi connectivity index (χ2v) is 17.7. The molecule has 0 aromatic heterocycles. The SMILES string of the molecule is CC(C)C[C@H](NC(=O)CNC(=O)[C@H](CC(C)C)NC(=O)[C@H](CCC(N)=O)NC(=O)CNC(=O)[C@@H]1CC(F)CN1)C(=O)N[C@@H](C)C(=O)NCC(=O)N1CCC[C@H]1C(=O)N[C@@H](CCCCN)C(=O)O. The lowest BCUT2D eigenvalue weighted by Gasteiger charge is -2.26. The first-order valence-corrected chi connectivity index (χ1v) is 22.7. The van der Waals surface area contributed by atoms with E-state index in [0.29, 0.717) is 32.2 Å². The van der Waals surface area contributed by atoms with E-state index in [-0.39, 0.29) is 63.5 Å². The summed E-state index contributed by atoms with van der Waals surface area (Å²) in [6.07, 6.45) is 0.363. The maximum absolute atomic E-state index is 13.5. The zero-order valence-corrected chi connectivity index (χ0v) is 39.0. The van der Waals surface area contributed by atoms with Crippen LogP contribution in [0.2, 0.25) is 0 Å². The number of nitrogens with one attached hydrogen (secondary N) is 9. The first-order chi connectivity index (χ1) is 31.5. The third kappa shape index (κ3) is 21.0. The maximum Gasteiger partial charge on any atom is 0.326 e. The maximum atomic E-state index is 13.5. The highest BCUT2D eigenvalue weighted by Gasteiger charge is 2.37. The van der Waals surface area contributed by atoms with Crippen molar-refractivity contribution in [1.29, 1.82) is 0 Å². The van der Waals surface area contributed by atoms with Crippen LogP contribution in [-0.2, 0) is 52.7 Å². The molecule has 378 valence electrons. The van der Waals surface area contributed by atoms with Crippen LogP contribution < -0.4 is 59.3 Å². The van der Waals surface area contributed by atoms with E-state index < -0.39 is 133 Å². The molecule has 2 saturated heterocycles. The van der Waals surface area contributed by atoms with Gasteiger partial charge in [0.1, 0.15) is 42.4 Å². The van der Waals surface area contributed by atoms with Crippen molar-refractivity contribution in [3.8, 4) is 0 Å². The normalized spacial score (nSPS) is 18.9. The standard InChI is InChI=1S/C42H71FN12O12/c1-22(2)15-29(54-39(63)26(11-12-32(45)56)51-33(57)19-47-37(61)28-17-25(43)18-46-28)38(62)48-20-34(58)52-30(16-23(3)4)40(64)50-24(5)36(60)49-21-35(59)55-14-8-10-31(55)41(65)53-27(42(66)67)9-6-7-13-44/h22-31,46H,6-21,44H2,1-5H3,(H2,45,56)(H,47,61)(H,48,62)(H,49,60)(H,50,64)(H,51,57)(H,52,58)(H,53,65)(H,54,63)(H,66,67)/t24-,25?,26-,27-,28-,29-,30-,31-/m0/s1. The Hall–Kier alpha value is -5.98. The van der Waals surface area contributed by atoms with Crippen LogP contribution >= 0.6 is 0 Å². The van der Waals surface area contributed by atoms with Crippen molar-refractivity contribution in [3.05, 3.63) is 0 Å².